The fourth-order valence-electron chi connectivity index (χ4n) is 3.47. The molecule has 1 aromatic heterocycles. The third-order valence-corrected chi connectivity index (χ3v) is 6.22. The number of benzene rings is 1. The Bertz CT molecular complexity index is 855. The summed E-state index contributed by atoms with van der Waals surface area (Å²) in [7, 11) is 0. The van der Waals surface area contributed by atoms with Gasteiger partial charge >= 0.3 is 5.97 Å². The predicted molar refractivity (Wildman–Crippen MR) is 116 cm³/mol. The maximum absolute atomic E-state index is 12.4. The summed E-state index contributed by atoms with van der Waals surface area (Å²) in [5.41, 5.74) is 2.88. The third-order valence-electron chi connectivity index (χ3n) is 5.02. The van der Waals surface area contributed by atoms with Crippen LogP contribution in [0.5, 0.6) is 5.75 Å². The Morgan fingerprint density at radius 3 is 2.62 bits per heavy atom. The van der Waals surface area contributed by atoms with Gasteiger partial charge in [-0.2, -0.15) is 0 Å². The molecule has 0 bridgehead atoms. The zero-order valence-corrected chi connectivity index (χ0v) is 18.2. The number of rotatable bonds is 9. The number of carbonyl (C=O) groups is 2. The van der Waals surface area contributed by atoms with Crippen molar-refractivity contribution < 1.29 is 19.1 Å². The first-order valence-corrected chi connectivity index (χ1v) is 11.2. The first kappa shape index (κ1) is 21.4. The lowest BCUT2D eigenvalue weighted by atomic mass is 10.0. The van der Waals surface area contributed by atoms with Gasteiger partial charge in [-0.1, -0.05) is 26.0 Å². The lowest BCUT2D eigenvalue weighted by Crippen LogP contribution is -2.15. The van der Waals surface area contributed by atoms with E-state index in [4.69, 9.17) is 9.47 Å². The van der Waals surface area contributed by atoms with Crippen LogP contribution >= 0.6 is 11.3 Å². The molecule has 6 heteroatoms. The highest BCUT2D eigenvalue weighted by atomic mass is 32.1. The minimum absolute atomic E-state index is 0.103. The van der Waals surface area contributed by atoms with E-state index < -0.39 is 0 Å². The highest BCUT2D eigenvalue weighted by Gasteiger charge is 2.28. The second kappa shape index (κ2) is 9.92. The highest BCUT2D eigenvalue weighted by Crippen LogP contribution is 2.39. The number of amides is 1. The van der Waals surface area contributed by atoms with Gasteiger partial charge in [0.2, 0.25) is 5.91 Å². The lowest BCUT2D eigenvalue weighted by molar-refractivity contribution is -0.116. The van der Waals surface area contributed by atoms with Crippen molar-refractivity contribution >= 4 is 28.2 Å². The summed E-state index contributed by atoms with van der Waals surface area (Å²) in [6.45, 7) is 6.90. The van der Waals surface area contributed by atoms with Crippen LogP contribution in [0.3, 0.4) is 0 Å². The van der Waals surface area contributed by atoms with E-state index >= 15 is 0 Å². The van der Waals surface area contributed by atoms with E-state index in [1.54, 1.807) is 6.92 Å². The zero-order chi connectivity index (χ0) is 20.8. The number of esters is 1. The topological polar surface area (TPSA) is 64.6 Å². The quantitative estimate of drug-likeness (QED) is 0.444. The maximum Gasteiger partial charge on any atom is 0.341 e. The molecule has 0 fully saturated rings. The third kappa shape index (κ3) is 5.38. The predicted octanol–water partition coefficient (Wildman–Crippen LogP) is 5.33. The van der Waals surface area contributed by atoms with Crippen molar-refractivity contribution in [1.82, 2.24) is 0 Å². The summed E-state index contributed by atoms with van der Waals surface area (Å²) in [5.74, 6) is 0.865. The van der Waals surface area contributed by atoms with Gasteiger partial charge in [0.05, 0.1) is 18.8 Å². The van der Waals surface area contributed by atoms with Gasteiger partial charge in [-0.25, -0.2) is 4.79 Å². The molecule has 0 unspecified atom stereocenters. The number of hydrogen-bond donors (Lipinski definition) is 1. The molecule has 0 aliphatic heterocycles. The summed E-state index contributed by atoms with van der Waals surface area (Å²) in [6, 6.07) is 8.07. The van der Waals surface area contributed by atoms with Crippen LogP contribution < -0.4 is 10.1 Å². The molecule has 3 rings (SSSR count). The Morgan fingerprint density at radius 1 is 1.17 bits per heavy atom. The van der Waals surface area contributed by atoms with Crippen LogP contribution in [0.25, 0.3) is 0 Å². The Balaban J connectivity index is 1.50. The molecule has 1 aliphatic carbocycles. The number of ether oxygens (including phenoxy) is 2. The second-order valence-corrected chi connectivity index (χ2v) is 8.61. The van der Waals surface area contributed by atoms with Crippen molar-refractivity contribution in [3.63, 3.8) is 0 Å². The molecule has 0 radical (unpaired) electrons. The number of nitrogens with one attached hydrogen (secondary N) is 1. The van der Waals surface area contributed by atoms with Gasteiger partial charge in [0, 0.05) is 11.3 Å². The first-order valence-electron chi connectivity index (χ1n) is 10.3. The molecule has 1 heterocycles. The smallest absolute Gasteiger partial charge is 0.341 e. The van der Waals surface area contributed by atoms with E-state index in [-0.39, 0.29) is 11.9 Å². The van der Waals surface area contributed by atoms with Gasteiger partial charge in [-0.3, -0.25) is 4.79 Å². The van der Waals surface area contributed by atoms with Crippen LogP contribution in [-0.2, 0) is 22.4 Å². The number of thiophene rings is 1. The van der Waals surface area contributed by atoms with E-state index in [2.05, 4.69) is 31.3 Å². The summed E-state index contributed by atoms with van der Waals surface area (Å²) in [5, 5.41) is 3.55. The van der Waals surface area contributed by atoms with E-state index in [1.165, 1.54) is 21.8 Å². The van der Waals surface area contributed by atoms with Crippen molar-refractivity contribution in [3.05, 3.63) is 45.8 Å². The molecule has 0 saturated heterocycles. The molecule has 1 aromatic carbocycles. The molecule has 0 atom stereocenters. The molecule has 1 aliphatic rings. The van der Waals surface area contributed by atoms with E-state index in [9.17, 15) is 9.59 Å². The molecule has 1 N–H and O–H groups in total. The fraction of sp³-hybridized carbons (Fsp3) is 0.478. The van der Waals surface area contributed by atoms with Crippen LogP contribution in [-0.4, -0.2) is 25.1 Å². The average molecular weight is 416 g/mol. The van der Waals surface area contributed by atoms with Gasteiger partial charge in [0.15, 0.2) is 0 Å². The molecule has 29 heavy (non-hydrogen) atoms. The maximum atomic E-state index is 12.4. The fourth-order valence-corrected chi connectivity index (χ4v) is 4.77. The molecule has 5 nitrogen and oxygen atoms in total. The van der Waals surface area contributed by atoms with Crippen molar-refractivity contribution in [2.24, 2.45) is 0 Å². The summed E-state index contributed by atoms with van der Waals surface area (Å²) in [6.07, 6.45) is 3.84. The van der Waals surface area contributed by atoms with Crippen LogP contribution in [0.4, 0.5) is 5.00 Å². The summed E-state index contributed by atoms with van der Waals surface area (Å²) in [4.78, 5) is 25.9. The molecule has 0 spiro atoms. The number of hydrogen-bond acceptors (Lipinski definition) is 5. The van der Waals surface area contributed by atoms with Gasteiger partial charge < -0.3 is 14.8 Å². The average Bonchev–Trinajstić information content (AvgIpc) is 3.26. The Morgan fingerprint density at radius 2 is 1.93 bits per heavy atom. The Kier molecular flexibility index (Phi) is 7.31. The Labute approximate surface area is 176 Å². The molecular formula is C23H29NO4S. The van der Waals surface area contributed by atoms with Crippen LogP contribution in [0, 0.1) is 0 Å². The van der Waals surface area contributed by atoms with E-state index in [1.807, 2.05) is 12.1 Å². The van der Waals surface area contributed by atoms with Crippen molar-refractivity contribution in [3.8, 4) is 5.75 Å². The number of fused-ring (bicyclic) bond motifs is 1. The standard InChI is InChI=1S/C23H29NO4S/c1-4-27-23(26)21-18-7-5-8-19(18)29-22(21)24-20(25)9-6-14-28-17-12-10-16(11-13-17)15(2)3/h10-13,15H,4-9,14H2,1-3H3,(H,24,25). The van der Waals surface area contributed by atoms with E-state index in [0.29, 0.717) is 42.5 Å². The molecule has 0 saturated carbocycles. The van der Waals surface area contributed by atoms with Crippen molar-refractivity contribution in [1.29, 1.82) is 0 Å². The molecule has 156 valence electrons. The normalized spacial score (nSPS) is 12.7. The second-order valence-electron chi connectivity index (χ2n) is 7.51. The van der Waals surface area contributed by atoms with Crippen LogP contribution in [0.2, 0.25) is 0 Å². The largest absolute Gasteiger partial charge is 0.494 e. The highest BCUT2D eigenvalue weighted by molar-refractivity contribution is 7.17. The lowest BCUT2D eigenvalue weighted by Gasteiger charge is -2.10. The Hall–Kier alpha value is -2.34. The number of aryl methyl sites for hydroxylation is 1. The molecule has 1 amide bonds. The number of anilines is 1. The molecule has 2 aromatic rings. The molecular weight excluding hydrogens is 386 g/mol. The van der Waals surface area contributed by atoms with Crippen molar-refractivity contribution in [2.75, 3.05) is 18.5 Å². The first-order chi connectivity index (χ1) is 14.0. The van der Waals surface area contributed by atoms with E-state index in [0.717, 1.165) is 30.6 Å². The van der Waals surface area contributed by atoms with Crippen LogP contribution in [0.15, 0.2) is 24.3 Å². The zero-order valence-electron chi connectivity index (χ0n) is 17.4. The number of carbonyl (C=O) groups excluding carboxylic acids is 2. The van der Waals surface area contributed by atoms with Gasteiger partial charge in [-0.15, -0.1) is 11.3 Å². The van der Waals surface area contributed by atoms with Gasteiger partial charge in [-0.05, 0) is 61.8 Å². The summed E-state index contributed by atoms with van der Waals surface area (Å²) < 4.78 is 10.9. The SMILES string of the molecule is CCOC(=O)c1c(NC(=O)CCCOc2ccc(C(C)C)cc2)sc2c1CCC2. The summed E-state index contributed by atoms with van der Waals surface area (Å²) >= 11 is 1.51. The van der Waals surface area contributed by atoms with Gasteiger partial charge in [0.25, 0.3) is 0 Å². The monoisotopic (exact) mass is 415 g/mol. The minimum atomic E-state index is -0.338. The van der Waals surface area contributed by atoms with Crippen LogP contribution in [0.1, 0.15) is 72.3 Å². The minimum Gasteiger partial charge on any atom is -0.494 e. The van der Waals surface area contributed by atoms with Crippen molar-refractivity contribution in [2.45, 2.75) is 58.8 Å². The van der Waals surface area contributed by atoms with Gasteiger partial charge in [0.1, 0.15) is 10.8 Å².